The molecule has 6 heteroatoms. The van der Waals surface area contributed by atoms with Gasteiger partial charge >= 0.3 is 0 Å². The molecule has 2 nitrogen and oxygen atoms in total. The van der Waals surface area contributed by atoms with Crippen molar-refractivity contribution in [1.82, 2.24) is 0 Å². The molecule has 0 aromatic heterocycles. The summed E-state index contributed by atoms with van der Waals surface area (Å²) in [6, 6.07) is 0. The average molecular weight is 451 g/mol. The molecule has 0 amide bonds. The van der Waals surface area contributed by atoms with E-state index >= 15 is 0 Å². The van der Waals surface area contributed by atoms with Crippen LogP contribution in [-0.2, 0) is 41.9 Å². The molecule has 0 N–H and O–H groups in total. The SMILES string of the molecule is CCCCC(CC)COP(=S)(S)OCC(CC)CCCC.[Mo]. The summed E-state index contributed by atoms with van der Waals surface area (Å²) >= 11 is 9.91. The van der Waals surface area contributed by atoms with E-state index in [2.05, 4.69) is 39.9 Å². The van der Waals surface area contributed by atoms with Crippen LogP contribution in [0.1, 0.15) is 79.1 Å². The molecule has 0 spiro atoms. The minimum absolute atomic E-state index is 0. The van der Waals surface area contributed by atoms with Gasteiger partial charge in [-0.25, -0.2) is 0 Å². The first-order valence-corrected chi connectivity index (χ1v) is 12.4. The Morgan fingerprint density at radius 1 is 0.864 bits per heavy atom. The average Bonchev–Trinajstić information content (AvgIpc) is 2.47. The first-order valence-electron chi connectivity index (χ1n) is 8.60. The van der Waals surface area contributed by atoms with Crippen molar-refractivity contribution in [1.29, 1.82) is 0 Å². The van der Waals surface area contributed by atoms with Gasteiger partial charge in [-0.2, -0.15) is 0 Å². The van der Waals surface area contributed by atoms with E-state index in [0.717, 1.165) is 12.8 Å². The van der Waals surface area contributed by atoms with Crippen LogP contribution in [0.3, 0.4) is 0 Å². The van der Waals surface area contributed by atoms with Crippen LogP contribution < -0.4 is 0 Å². The Balaban J connectivity index is 0. The molecule has 0 fully saturated rings. The summed E-state index contributed by atoms with van der Waals surface area (Å²) in [5.41, 5.74) is -2.36. The second-order valence-electron chi connectivity index (χ2n) is 5.89. The molecule has 0 aliphatic heterocycles. The van der Waals surface area contributed by atoms with E-state index in [9.17, 15) is 0 Å². The van der Waals surface area contributed by atoms with Crippen molar-refractivity contribution in [3.8, 4) is 0 Å². The molecule has 0 heterocycles. The molecule has 2 atom stereocenters. The van der Waals surface area contributed by atoms with E-state index < -0.39 is 5.69 Å². The summed E-state index contributed by atoms with van der Waals surface area (Å²) in [5, 5.41) is 0. The van der Waals surface area contributed by atoms with Crippen LogP contribution in [0, 0.1) is 11.8 Å². The molecule has 0 bridgehead atoms. The Bertz CT molecular complexity index is 269. The second kappa shape index (κ2) is 16.1. The summed E-state index contributed by atoms with van der Waals surface area (Å²) in [7, 11) is 0. The predicted octanol–water partition coefficient (Wildman–Crippen LogP) is 6.60. The van der Waals surface area contributed by atoms with E-state index in [1.165, 1.54) is 38.5 Å². The van der Waals surface area contributed by atoms with Gasteiger partial charge < -0.3 is 9.05 Å². The predicted molar refractivity (Wildman–Crippen MR) is 102 cm³/mol. The van der Waals surface area contributed by atoms with E-state index in [0.29, 0.717) is 25.0 Å². The van der Waals surface area contributed by atoms with Crippen molar-refractivity contribution < 1.29 is 30.1 Å². The van der Waals surface area contributed by atoms with Crippen LogP contribution >= 0.6 is 17.9 Å². The molecule has 0 saturated heterocycles. The van der Waals surface area contributed by atoms with Gasteiger partial charge in [-0.3, -0.25) is 0 Å². The van der Waals surface area contributed by atoms with Gasteiger partial charge in [0, 0.05) is 21.1 Å². The quantitative estimate of drug-likeness (QED) is 0.183. The molecule has 134 valence electrons. The third-order valence-corrected chi connectivity index (χ3v) is 6.31. The standard InChI is InChI=1S/C16H35O2PS2.Mo/c1-5-9-11-15(7-3)13-17-19(20,21)18-14-16(8-4)12-10-6-2;/h15-16H,5-14H2,1-4H3,(H,20,21);. The molecular formula is C16H35MoO2PS2. The molecule has 0 radical (unpaired) electrons. The molecule has 0 rings (SSSR count). The second-order valence-corrected chi connectivity index (χ2v) is 11.2. The smallest absolute Gasteiger partial charge is 0.244 e. The van der Waals surface area contributed by atoms with Gasteiger partial charge in [0.25, 0.3) is 0 Å². The Hall–Kier alpha value is 1.61. The Morgan fingerprint density at radius 2 is 1.23 bits per heavy atom. The summed E-state index contributed by atoms with van der Waals surface area (Å²) in [4.78, 5) is 0. The van der Waals surface area contributed by atoms with E-state index in [1.54, 1.807) is 0 Å². The number of rotatable bonds is 14. The normalized spacial score (nSPS) is 16.6. The van der Waals surface area contributed by atoms with Gasteiger partial charge in [0.05, 0.1) is 13.2 Å². The zero-order valence-corrected chi connectivity index (χ0v) is 19.4. The Morgan fingerprint density at radius 3 is 1.50 bits per heavy atom. The topological polar surface area (TPSA) is 18.5 Å². The van der Waals surface area contributed by atoms with E-state index in [1.807, 2.05) is 0 Å². The van der Waals surface area contributed by atoms with Crippen molar-refractivity contribution in [2.45, 2.75) is 79.1 Å². The van der Waals surface area contributed by atoms with Crippen LogP contribution in [0.5, 0.6) is 0 Å². The van der Waals surface area contributed by atoms with Gasteiger partial charge in [-0.05, 0) is 36.5 Å². The number of hydrogen-bond donors (Lipinski definition) is 1. The van der Waals surface area contributed by atoms with Crippen LogP contribution in [0.25, 0.3) is 0 Å². The largest absolute Gasteiger partial charge is 0.322 e. The van der Waals surface area contributed by atoms with Crippen molar-refractivity contribution in [2.24, 2.45) is 11.8 Å². The maximum Gasteiger partial charge on any atom is 0.244 e. The zero-order valence-electron chi connectivity index (χ0n) is 14.8. The minimum atomic E-state index is -2.36. The molecule has 0 aromatic carbocycles. The minimum Gasteiger partial charge on any atom is -0.322 e. The molecule has 0 aliphatic carbocycles. The van der Waals surface area contributed by atoms with Gasteiger partial charge in [0.1, 0.15) is 0 Å². The van der Waals surface area contributed by atoms with Gasteiger partial charge in [0.15, 0.2) is 0 Å². The van der Waals surface area contributed by atoms with Crippen molar-refractivity contribution in [2.75, 3.05) is 13.2 Å². The van der Waals surface area contributed by atoms with Crippen molar-refractivity contribution >= 4 is 29.7 Å². The Kier molecular flexibility index (Phi) is 18.9. The molecule has 2 unspecified atom stereocenters. The number of unbranched alkanes of at least 4 members (excludes halogenated alkanes) is 2. The third-order valence-electron chi connectivity index (χ3n) is 4.03. The summed E-state index contributed by atoms with van der Waals surface area (Å²) in [6.07, 6.45) is 9.68. The fourth-order valence-corrected chi connectivity index (χ4v) is 3.87. The molecule has 0 aromatic rings. The van der Waals surface area contributed by atoms with Crippen LogP contribution in [0.15, 0.2) is 0 Å². The molecule has 22 heavy (non-hydrogen) atoms. The fourth-order valence-electron chi connectivity index (χ4n) is 2.23. The number of hydrogen-bond acceptors (Lipinski definition) is 3. The molecule has 0 saturated carbocycles. The maximum absolute atomic E-state index is 5.85. The summed E-state index contributed by atoms with van der Waals surface area (Å²) < 4.78 is 11.7. The Labute approximate surface area is 163 Å². The third kappa shape index (κ3) is 14.0. The van der Waals surface area contributed by atoms with Crippen LogP contribution in [-0.4, -0.2) is 13.2 Å². The van der Waals surface area contributed by atoms with Crippen molar-refractivity contribution in [3.05, 3.63) is 0 Å². The summed E-state index contributed by atoms with van der Waals surface area (Å²) in [5.74, 6) is 1.18. The van der Waals surface area contributed by atoms with E-state index in [4.69, 9.17) is 20.9 Å². The van der Waals surface area contributed by atoms with Gasteiger partial charge in [-0.15, -0.1) is 0 Å². The van der Waals surface area contributed by atoms with Crippen LogP contribution in [0.4, 0.5) is 0 Å². The maximum atomic E-state index is 5.85. The van der Waals surface area contributed by atoms with Crippen LogP contribution in [0.2, 0.25) is 0 Å². The monoisotopic (exact) mass is 452 g/mol. The first-order chi connectivity index (χ1) is 9.99. The zero-order chi connectivity index (χ0) is 16.1. The fraction of sp³-hybridized carbons (Fsp3) is 1.00. The summed E-state index contributed by atoms with van der Waals surface area (Å²) in [6.45, 7) is 10.3. The van der Waals surface area contributed by atoms with Gasteiger partial charge in [-0.1, -0.05) is 78.5 Å². The molecule has 0 aliphatic rings. The first kappa shape index (κ1) is 25.8. The van der Waals surface area contributed by atoms with Gasteiger partial charge in [0.2, 0.25) is 5.69 Å². The van der Waals surface area contributed by atoms with E-state index in [-0.39, 0.29) is 21.1 Å². The molecular weight excluding hydrogens is 415 g/mol. The van der Waals surface area contributed by atoms with Crippen molar-refractivity contribution in [3.63, 3.8) is 0 Å². The number of thiol groups is 1.